The molecule has 1 aromatic heterocycles. The van der Waals surface area contributed by atoms with E-state index in [0.29, 0.717) is 12.2 Å². The average molecular weight is 282 g/mol. The maximum absolute atomic E-state index is 5.85. The molecule has 0 fully saturated rings. The van der Waals surface area contributed by atoms with Crippen LogP contribution in [0.3, 0.4) is 0 Å². The number of nitrogens with zero attached hydrogens (tertiary/aromatic N) is 1. The Hall–Kier alpha value is -1.49. The lowest BCUT2D eigenvalue weighted by molar-refractivity contribution is 0.391. The highest BCUT2D eigenvalue weighted by molar-refractivity contribution is 9.10. The van der Waals surface area contributed by atoms with Crippen LogP contribution in [0.1, 0.15) is 11.5 Å². The Kier molecular flexibility index (Phi) is 3.14. The van der Waals surface area contributed by atoms with Crippen molar-refractivity contribution in [3.05, 3.63) is 40.2 Å². The summed E-state index contributed by atoms with van der Waals surface area (Å²) in [6, 6.07) is 7.61. The fourth-order valence-corrected chi connectivity index (χ4v) is 1.76. The van der Waals surface area contributed by atoms with E-state index in [1.807, 2.05) is 31.2 Å². The number of aryl methyl sites for hydroxylation is 1. The predicted octanol–water partition coefficient (Wildman–Crippen LogP) is 2.94. The topological polar surface area (TPSA) is 64.1 Å². The molecule has 0 saturated heterocycles. The fraction of sp³-hybridized carbons (Fsp3) is 0.182. The first kappa shape index (κ1) is 11.0. The van der Waals surface area contributed by atoms with Crippen LogP contribution < -0.4 is 11.1 Å². The molecule has 3 N–H and O–H groups in total. The van der Waals surface area contributed by atoms with Crippen molar-refractivity contribution in [1.82, 2.24) is 5.16 Å². The van der Waals surface area contributed by atoms with Crippen LogP contribution in [-0.2, 0) is 6.54 Å². The quantitative estimate of drug-likeness (QED) is 0.849. The zero-order chi connectivity index (χ0) is 11.5. The monoisotopic (exact) mass is 281 g/mol. The van der Waals surface area contributed by atoms with Crippen molar-refractivity contribution >= 4 is 27.3 Å². The largest absolute Gasteiger partial charge is 0.397 e. The Morgan fingerprint density at radius 2 is 2.25 bits per heavy atom. The number of benzene rings is 1. The third-order valence-corrected chi connectivity index (χ3v) is 2.64. The number of nitrogen functional groups attached to an aromatic ring is 1. The molecule has 0 aliphatic carbocycles. The molecule has 84 valence electrons. The average Bonchev–Trinajstić information content (AvgIpc) is 2.63. The Morgan fingerprint density at radius 1 is 1.44 bits per heavy atom. The molecule has 16 heavy (non-hydrogen) atoms. The summed E-state index contributed by atoms with van der Waals surface area (Å²) in [6.07, 6.45) is 0. The van der Waals surface area contributed by atoms with Crippen molar-refractivity contribution in [2.75, 3.05) is 11.1 Å². The van der Waals surface area contributed by atoms with E-state index < -0.39 is 0 Å². The van der Waals surface area contributed by atoms with E-state index in [0.717, 1.165) is 21.6 Å². The van der Waals surface area contributed by atoms with Crippen LogP contribution in [0.4, 0.5) is 11.4 Å². The van der Waals surface area contributed by atoms with Crippen LogP contribution in [-0.4, -0.2) is 5.16 Å². The molecule has 0 radical (unpaired) electrons. The zero-order valence-corrected chi connectivity index (χ0v) is 10.4. The number of halogens is 1. The molecule has 2 rings (SSSR count). The second-order valence-electron chi connectivity index (χ2n) is 3.51. The molecule has 5 heteroatoms. The number of rotatable bonds is 3. The smallest absolute Gasteiger partial charge is 0.133 e. The molecule has 0 aliphatic heterocycles. The van der Waals surface area contributed by atoms with Crippen LogP contribution >= 0.6 is 15.9 Å². The van der Waals surface area contributed by atoms with E-state index in [2.05, 4.69) is 26.4 Å². The third-order valence-electron chi connectivity index (χ3n) is 2.15. The fourth-order valence-electron chi connectivity index (χ4n) is 1.38. The highest BCUT2D eigenvalue weighted by Gasteiger charge is 2.02. The maximum atomic E-state index is 5.85. The van der Waals surface area contributed by atoms with Gasteiger partial charge in [0.2, 0.25) is 0 Å². The highest BCUT2D eigenvalue weighted by Crippen LogP contribution is 2.23. The first-order chi connectivity index (χ1) is 7.65. The summed E-state index contributed by atoms with van der Waals surface area (Å²) < 4.78 is 5.94. The van der Waals surface area contributed by atoms with Crippen LogP contribution in [0.5, 0.6) is 0 Å². The molecule has 2 aromatic rings. The van der Waals surface area contributed by atoms with Gasteiger partial charge in [-0.25, -0.2) is 0 Å². The van der Waals surface area contributed by atoms with E-state index in [4.69, 9.17) is 10.3 Å². The Bertz CT molecular complexity index is 496. The second-order valence-corrected chi connectivity index (χ2v) is 4.43. The van der Waals surface area contributed by atoms with Gasteiger partial charge in [0.15, 0.2) is 0 Å². The summed E-state index contributed by atoms with van der Waals surface area (Å²) in [6.45, 7) is 2.47. The van der Waals surface area contributed by atoms with Crippen molar-refractivity contribution in [3.8, 4) is 0 Å². The van der Waals surface area contributed by atoms with E-state index in [1.54, 1.807) is 0 Å². The summed E-state index contributed by atoms with van der Waals surface area (Å²) >= 11 is 3.36. The molecule has 1 heterocycles. The van der Waals surface area contributed by atoms with Gasteiger partial charge in [0.25, 0.3) is 0 Å². The number of nitrogens with two attached hydrogens (primary N) is 1. The van der Waals surface area contributed by atoms with Crippen LogP contribution in [0.25, 0.3) is 0 Å². The van der Waals surface area contributed by atoms with Crippen LogP contribution in [0, 0.1) is 6.92 Å². The lowest BCUT2D eigenvalue weighted by Crippen LogP contribution is -2.02. The summed E-state index contributed by atoms with van der Waals surface area (Å²) in [5.41, 5.74) is 8.31. The summed E-state index contributed by atoms with van der Waals surface area (Å²) in [5, 5.41) is 7.09. The lowest BCUT2D eigenvalue weighted by Gasteiger charge is -2.07. The maximum Gasteiger partial charge on any atom is 0.133 e. The molecule has 1 aromatic carbocycles. The minimum Gasteiger partial charge on any atom is -0.397 e. The van der Waals surface area contributed by atoms with Gasteiger partial charge >= 0.3 is 0 Å². The van der Waals surface area contributed by atoms with Crippen molar-refractivity contribution in [2.24, 2.45) is 0 Å². The van der Waals surface area contributed by atoms with Crippen molar-refractivity contribution in [2.45, 2.75) is 13.5 Å². The number of anilines is 2. The van der Waals surface area contributed by atoms with Gasteiger partial charge in [-0.1, -0.05) is 21.1 Å². The lowest BCUT2D eigenvalue weighted by atomic mass is 10.2. The molecule has 0 saturated carbocycles. The number of aromatic nitrogens is 1. The molecule has 0 amide bonds. The standard InChI is InChI=1S/C11H12BrN3O/c1-7-4-9(15-16-7)6-14-11-3-2-8(12)5-10(11)13/h2-5,14H,6,13H2,1H3. The molecule has 0 unspecified atom stereocenters. The second kappa shape index (κ2) is 4.57. The Balaban J connectivity index is 2.04. The van der Waals surface area contributed by atoms with Gasteiger partial charge in [0, 0.05) is 10.5 Å². The Morgan fingerprint density at radius 3 is 2.88 bits per heavy atom. The van der Waals surface area contributed by atoms with Gasteiger partial charge in [0.05, 0.1) is 17.9 Å². The minimum absolute atomic E-state index is 0.600. The van der Waals surface area contributed by atoms with Gasteiger partial charge in [-0.2, -0.15) is 0 Å². The molecule has 0 bridgehead atoms. The van der Waals surface area contributed by atoms with E-state index >= 15 is 0 Å². The van der Waals surface area contributed by atoms with E-state index in [-0.39, 0.29) is 0 Å². The summed E-state index contributed by atoms with van der Waals surface area (Å²) in [4.78, 5) is 0. The normalized spacial score (nSPS) is 10.4. The number of nitrogens with one attached hydrogen (secondary N) is 1. The van der Waals surface area contributed by atoms with Gasteiger partial charge in [-0.15, -0.1) is 0 Å². The van der Waals surface area contributed by atoms with Gasteiger partial charge in [0.1, 0.15) is 11.5 Å². The SMILES string of the molecule is Cc1cc(CNc2ccc(Br)cc2N)no1. The van der Waals surface area contributed by atoms with Crippen LogP contribution in [0.2, 0.25) is 0 Å². The molecular weight excluding hydrogens is 270 g/mol. The summed E-state index contributed by atoms with van der Waals surface area (Å²) in [5.74, 6) is 0.806. The van der Waals surface area contributed by atoms with Crippen molar-refractivity contribution in [1.29, 1.82) is 0 Å². The third kappa shape index (κ3) is 2.55. The molecular formula is C11H12BrN3O. The van der Waals surface area contributed by atoms with E-state index in [1.165, 1.54) is 0 Å². The first-order valence-corrected chi connectivity index (χ1v) is 5.65. The van der Waals surface area contributed by atoms with Gasteiger partial charge < -0.3 is 15.6 Å². The number of hydrogen-bond acceptors (Lipinski definition) is 4. The Labute approximate surface area is 102 Å². The summed E-state index contributed by atoms with van der Waals surface area (Å²) in [7, 11) is 0. The first-order valence-electron chi connectivity index (χ1n) is 4.86. The van der Waals surface area contributed by atoms with Crippen molar-refractivity contribution < 1.29 is 4.52 Å². The zero-order valence-electron chi connectivity index (χ0n) is 8.83. The minimum atomic E-state index is 0.600. The molecule has 0 atom stereocenters. The molecule has 0 spiro atoms. The predicted molar refractivity (Wildman–Crippen MR) is 67.1 cm³/mol. The van der Waals surface area contributed by atoms with Crippen molar-refractivity contribution in [3.63, 3.8) is 0 Å². The molecule has 4 nitrogen and oxygen atoms in total. The van der Waals surface area contributed by atoms with Gasteiger partial charge in [-0.3, -0.25) is 0 Å². The number of hydrogen-bond donors (Lipinski definition) is 2. The molecule has 0 aliphatic rings. The van der Waals surface area contributed by atoms with Gasteiger partial charge in [-0.05, 0) is 25.1 Å². The van der Waals surface area contributed by atoms with Crippen LogP contribution in [0.15, 0.2) is 33.3 Å². The highest BCUT2D eigenvalue weighted by atomic mass is 79.9. The van der Waals surface area contributed by atoms with E-state index in [9.17, 15) is 0 Å².